The van der Waals surface area contributed by atoms with E-state index in [1.54, 1.807) is 37.3 Å². The minimum atomic E-state index is -3.64. The Bertz CT molecular complexity index is 627. The van der Waals surface area contributed by atoms with Crippen LogP contribution in [-0.4, -0.2) is 14.6 Å². The molecule has 0 bridgehead atoms. The molecule has 0 radical (unpaired) electrons. The SMILES string of the molecule is Cc1ccc(/C=N\S(=O)(=O)c2ccccc2)o1. The predicted octanol–water partition coefficient (Wildman–Crippen LogP) is 2.40. The standard InChI is InChI=1S/C12H11NO3S/c1-10-7-8-11(16-10)9-13-17(14,15)12-5-3-2-4-6-12/h2-9H,1H3/b13-9-. The third-order valence-corrected chi connectivity index (χ3v) is 3.37. The summed E-state index contributed by atoms with van der Waals surface area (Å²) in [5.41, 5.74) is 0. The Morgan fingerprint density at radius 2 is 1.82 bits per heavy atom. The maximum Gasteiger partial charge on any atom is 0.282 e. The fourth-order valence-corrected chi connectivity index (χ4v) is 2.16. The highest BCUT2D eigenvalue weighted by atomic mass is 32.2. The zero-order valence-electron chi connectivity index (χ0n) is 9.20. The number of benzene rings is 1. The Morgan fingerprint density at radius 1 is 1.12 bits per heavy atom. The Morgan fingerprint density at radius 3 is 2.41 bits per heavy atom. The Kier molecular flexibility index (Phi) is 3.10. The van der Waals surface area contributed by atoms with E-state index in [4.69, 9.17) is 4.42 Å². The van der Waals surface area contributed by atoms with Crippen LogP contribution >= 0.6 is 0 Å². The Balaban J connectivity index is 2.27. The fourth-order valence-electron chi connectivity index (χ4n) is 1.30. The van der Waals surface area contributed by atoms with Gasteiger partial charge in [-0.25, -0.2) is 0 Å². The molecule has 1 aromatic carbocycles. The predicted molar refractivity (Wildman–Crippen MR) is 64.7 cm³/mol. The third-order valence-electron chi connectivity index (χ3n) is 2.12. The van der Waals surface area contributed by atoms with Gasteiger partial charge in [-0.3, -0.25) is 0 Å². The lowest BCUT2D eigenvalue weighted by atomic mass is 10.4. The molecule has 0 atom stereocenters. The van der Waals surface area contributed by atoms with Crippen LogP contribution < -0.4 is 0 Å². The van der Waals surface area contributed by atoms with Crippen molar-refractivity contribution in [3.05, 3.63) is 54.0 Å². The van der Waals surface area contributed by atoms with E-state index in [9.17, 15) is 8.42 Å². The molecule has 0 unspecified atom stereocenters. The van der Waals surface area contributed by atoms with Crippen molar-refractivity contribution in [3.63, 3.8) is 0 Å². The number of sulfonamides is 1. The van der Waals surface area contributed by atoms with Crippen LogP contribution in [0.1, 0.15) is 11.5 Å². The van der Waals surface area contributed by atoms with Crippen LogP contribution in [0, 0.1) is 6.92 Å². The van der Waals surface area contributed by atoms with Crippen molar-refractivity contribution in [2.24, 2.45) is 4.40 Å². The van der Waals surface area contributed by atoms with Crippen LogP contribution in [0.4, 0.5) is 0 Å². The minimum absolute atomic E-state index is 0.166. The molecule has 0 aliphatic heterocycles. The first-order valence-electron chi connectivity index (χ1n) is 5.00. The zero-order chi connectivity index (χ0) is 12.3. The topological polar surface area (TPSA) is 59.6 Å². The van der Waals surface area contributed by atoms with Crippen molar-refractivity contribution >= 4 is 16.2 Å². The van der Waals surface area contributed by atoms with E-state index in [-0.39, 0.29) is 4.90 Å². The normalized spacial score (nSPS) is 12.1. The van der Waals surface area contributed by atoms with Gasteiger partial charge in [0.25, 0.3) is 10.0 Å². The third kappa shape index (κ3) is 2.82. The molecule has 0 aliphatic rings. The molecule has 0 amide bonds. The molecule has 88 valence electrons. The van der Waals surface area contributed by atoms with Gasteiger partial charge in [0.2, 0.25) is 0 Å². The first-order chi connectivity index (χ1) is 8.08. The van der Waals surface area contributed by atoms with Gasteiger partial charge in [-0.05, 0) is 31.2 Å². The molecule has 0 saturated heterocycles. The minimum Gasteiger partial charge on any atom is -0.460 e. The van der Waals surface area contributed by atoms with Crippen LogP contribution in [0.15, 0.2) is 56.2 Å². The molecule has 0 fully saturated rings. The van der Waals surface area contributed by atoms with Gasteiger partial charge >= 0.3 is 0 Å². The number of hydrogen-bond donors (Lipinski definition) is 0. The molecule has 1 heterocycles. The monoisotopic (exact) mass is 249 g/mol. The molecule has 0 aliphatic carbocycles. The van der Waals surface area contributed by atoms with Gasteiger partial charge in [-0.2, -0.15) is 12.8 Å². The largest absolute Gasteiger partial charge is 0.460 e. The molecule has 5 heteroatoms. The van der Waals surface area contributed by atoms with Gasteiger partial charge in [0, 0.05) is 0 Å². The van der Waals surface area contributed by atoms with Crippen LogP contribution in [0.25, 0.3) is 0 Å². The molecule has 1 aromatic heterocycles. The van der Waals surface area contributed by atoms with E-state index in [0.717, 1.165) is 0 Å². The lowest BCUT2D eigenvalue weighted by Gasteiger charge is -1.96. The van der Waals surface area contributed by atoms with Crippen LogP contribution in [0.2, 0.25) is 0 Å². The molecule has 2 rings (SSSR count). The number of hydrogen-bond acceptors (Lipinski definition) is 3. The van der Waals surface area contributed by atoms with E-state index in [2.05, 4.69) is 4.40 Å². The van der Waals surface area contributed by atoms with Crippen LogP contribution in [0.5, 0.6) is 0 Å². The average Bonchev–Trinajstić information content (AvgIpc) is 2.74. The average molecular weight is 249 g/mol. The molecule has 17 heavy (non-hydrogen) atoms. The summed E-state index contributed by atoms with van der Waals surface area (Å²) in [7, 11) is -3.64. The van der Waals surface area contributed by atoms with Crippen molar-refractivity contribution in [1.29, 1.82) is 0 Å². The van der Waals surface area contributed by atoms with Crippen molar-refractivity contribution in [3.8, 4) is 0 Å². The van der Waals surface area contributed by atoms with Crippen LogP contribution in [-0.2, 0) is 10.0 Å². The number of furan rings is 1. The number of rotatable bonds is 3. The second kappa shape index (κ2) is 4.55. The van der Waals surface area contributed by atoms with Crippen molar-refractivity contribution in [1.82, 2.24) is 0 Å². The summed E-state index contributed by atoms with van der Waals surface area (Å²) in [5.74, 6) is 1.13. The molecule has 0 N–H and O–H groups in total. The second-order valence-corrected chi connectivity index (χ2v) is 5.10. The highest BCUT2D eigenvalue weighted by molar-refractivity contribution is 7.90. The van der Waals surface area contributed by atoms with E-state index >= 15 is 0 Å². The first-order valence-corrected chi connectivity index (χ1v) is 6.44. The van der Waals surface area contributed by atoms with Gasteiger partial charge in [0.05, 0.1) is 11.1 Å². The van der Waals surface area contributed by atoms with Crippen molar-refractivity contribution in [2.75, 3.05) is 0 Å². The summed E-state index contributed by atoms with van der Waals surface area (Å²) in [5, 5.41) is 0. The maximum absolute atomic E-state index is 11.8. The van der Waals surface area contributed by atoms with E-state index < -0.39 is 10.0 Å². The first kappa shape index (κ1) is 11.6. The maximum atomic E-state index is 11.8. The molecule has 2 aromatic rings. The zero-order valence-corrected chi connectivity index (χ0v) is 10.0. The molecule has 0 spiro atoms. The van der Waals surface area contributed by atoms with Gasteiger partial charge < -0.3 is 4.42 Å². The lowest BCUT2D eigenvalue weighted by Crippen LogP contribution is -1.96. The summed E-state index contributed by atoms with van der Waals surface area (Å²) in [6.07, 6.45) is 1.20. The van der Waals surface area contributed by atoms with Crippen LogP contribution in [0.3, 0.4) is 0 Å². The van der Waals surface area contributed by atoms with Crippen molar-refractivity contribution < 1.29 is 12.8 Å². The fraction of sp³-hybridized carbons (Fsp3) is 0.0833. The van der Waals surface area contributed by atoms with Gasteiger partial charge in [0.1, 0.15) is 11.5 Å². The highest BCUT2D eigenvalue weighted by Gasteiger charge is 2.10. The summed E-state index contributed by atoms with van der Waals surface area (Å²) < 4.78 is 32.3. The summed E-state index contributed by atoms with van der Waals surface area (Å²) >= 11 is 0. The quantitative estimate of drug-likeness (QED) is 0.785. The van der Waals surface area contributed by atoms with Gasteiger partial charge in [0.15, 0.2) is 0 Å². The molecule has 4 nitrogen and oxygen atoms in total. The van der Waals surface area contributed by atoms with Crippen molar-refractivity contribution in [2.45, 2.75) is 11.8 Å². The summed E-state index contributed by atoms with van der Waals surface area (Å²) in [4.78, 5) is 0.166. The smallest absolute Gasteiger partial charge is 0.282 e. The molecule has 0 saturated carbocycles. The van der Waals surface area contributed by atoms with E-state index in [1.165, 1.54) is 18.3 Å². The van der Waals surface area contributed by atoms with Gasteiger partial charge in [-0.15, -0.1) is 0 Å². The molecular formula is C12H11NO3S. The summed E-state index contributed by atoms with van der Waals surface area (Å²) in [6, 6.07) is 11.5. The van der Waals surface area contributed by atoms with E-state index in [1.807, 2.05) is 0 Å². The Labute approximate surface area is 99.7 Å². The number of nitrogens with zero attached hydrogens (tertiary/aromatic N) is 1. The van der Waals surface area contributed by atoms with Gasteiger partial charge in [-0.1, -0.05) is 18.2 Å². The highest BCUT2D eigenvalue weighted by Crippen LogP contribution is 2.11. The lowest BCUT2D eigenvalue weighted by molar-refractivity contribution is 0.528. The number of aryl methyl sites for hydroxylation is 1. The second-order valence-electron chi connectivity index (χ2n) is 3.47. The Hall–Kier alpha value is -1.88. The summed E-state index contributed by atoms with van der Waals surface area (Å²) in [6.45, 7) is 1.78. The molecular weight excluding hydrogens is 238 g/mol. The van der Waals surface area contributed by atoms with E-state index in [0.29, 0.717) is 11.5 Å².